The number of aryl methyl sites for hydroxylation is 2. The Kier molecular flexibility index (Phi) is 3.98. The summed E-state index contributed by atoms with van der Waals surface area (Å²) >= 11 is 1.53. The summed E-state index contributed by atoms with van der Waals surface area (Å²) in [6.45, 7) is 3.68. The molecule has 0 spiro atoms. The van der Waals surface area contributed by atoms with Crippen LogP contribution in [0.25, 0.3) is 11.4 Å². The highest BCUT2D eigenvalue weighted by molar-refractivity contribution is 7.99. The number of imidazole rings is 1. The van der Waals surface area contributed by atoms with Gasteiger partial charge in [0, 0.05) is 25.0 Å². The molecule has 5 nitrogen and oxygen atoms in total. The van der Waals surface area contributed by atoms with Gasteiger partial charge < -0.3 is 9.09 Å². The second-order valence-corrected chi connectivity index (χ2v) is 6.31. The molecule has 0 bridgehead atoms. The van der Waals surface area contributed by atoms with E-state index in [-0.39, 0.29) is 11.1 Å². The van der Waals surface area contributed by atoms with Crippen molar-refractivity contribution in [2.24, 2.45) is 7.05 Å². The summed E-state index contributed by atoms with van der Waals surface area (Å²) < 4.78 is 20.8. The fourth-order valence-electron chi connectivity index (χ4n) is 1.92. The molecule has 0 radical (unpaired) electrons. The van der Waals surface area contributed by atoms with Gasteiger partial charge >= 0.3 is 0 Å². The molecule has 3 rings (SSSR count). The van der Waals surface area contributed by atoms with E-state index in [0.717, 1.165) is 5.16 Å². The van der Waals surface area contributed by atoms with Gasteiger partial charge in [-0.2, -0.15) is 4.98 Å². The summed E-state index contributed by atoms with van der Waals surface area (Å²) in [6.07, 6.45) is 3.62. The molecule has 0 saturated heterocycles. The molecule has 0 aliphatic carbocycles. The molecule has 0 unspecified atom stereocenters. The molecule has 2 aromatic heterocycles. The van der Waals surface area contributed by atoms with Crippen LogP contribution in [0.5, 0.6) is 0 Å². The zero-order valence-corrected chi connectivity index (χ0v) is 13.3. The Hall–Kier alpha value is -2.15. The lowest BCUT2D eigenvalue weighted by Gasteiger charge is -2.05. The lowest BCUT2D eigenvalue weighted by molar-refractivity contribution is 0.380. The molecule has 0 aliphatic rings. The lowest BCUT2D eigenvalue weighted by Crippen LogP contribution is -1.94. The van der Waals surface area contributed by atoms with Gasteiger partial charge in [-0.25, -0.2) is 9.37 Å². The highest BCUT2D eigenvalue weighted by Crippen LogP contribution is 2.33. The second kappa shape index (κ2) is 5.92. The van der Waals surface area contributed by atoms with Gasteiger partial charge in [-0.3, -0.25) is 0 Å². The van der Waals surface area contributed by atoms with E-state index in [1.807, 2.05) is 24.7 Å². The van der Waals surface area contributed by atoms with E-state index in [1.165, 1.54) is 17.8 Å². The molecule has 2 heterocycles. The molecule has 0 N–H and O–H groups in total. The molecule has 22 heavy (non-hydrogen) atoms. The number of hydrogen-bond donors (Lipinski definition) is 0. The van der Waals surface area contributed by atoms with Crippen LogP contribution in [0.2, 0.25) is 0 Å². The molecule has 0 fully saturated rings. The summed E-state index contributed by atoms with van der Waals surface area (Å²) in [4.78, 5) is 8.61. The fourth-order valence-corrected chi connectivity index (χ4v) is 2.79. The Morgan fingerprint density at radius 1 is 1.36 bits per heavy atom. The highest BCUT2D eigenvalue weighted by Gasteiger charge is 2.18. The maximum Gasteiger partial charge on any atom is 0.240 e. The van der Waals surface area contributed by atoms with Crippen LogP contribution in [0.15, 0.2) is 40.3 Å². The van der Waals surface area contributed by atoms with Crippen molar-refractivity contribution >= 4 is 11.8 Å². The monoisotopic (exact) mass is 318 g/mol. The van der Waals surface area contributed by atoms with Crippen molar-refractivity contribution in [3.05, 3.63) is 47.9 Å². The van der Waals surface area contributed by atoms with Crippen molar-refractivity contribution < 1.29 is 8.91 Å². The van der Waals surface area contributed by atoms with Crippen molar-refractivity contribution in [2.45, 2.75) is 24.3 Å². The second-order valence-electron chi connectivity index (χ2n) is 5.00. The summed E-state index contributed by atoms with van der Waals surface area (Å²) in [5.41, 5.74) is 1.19. The van der Waals surface area contributed by atoms with Gasteiger partial charge in [0.2, 0.25) is 11.7 Å². The standard InChI is InChI=1S/C15H15FN4OS/c1-9-4-5-11(8-12(9)16)13-18-14(21-19-13)10(2)22-15-17-6-7-20(15)3/h4-8,10H,1-3H3/t10-/m1/s1. The Morgan fingerprint density at radius 3 is 2.86 bits per heavy atom. The topological polar surface area (TPSA) is 56.7 Å². The minimum absolute atomic E-state index is 0.0438. The zero-order valence-electron chi connectivity index (χ0n) is 12.4. The first-order valence-electron chi connectivity index (χ1n) is 6.78. The molecular weight excluding hydrogens is 303 g/mol. The highest BCUT2D eigenvalue weighted by atomic mass is 32.2. The van der Waals surface area contributed by atoms with Crippen LogP contribution in [-0.4, -0.2) is 19.7 Å². The van der Waals surface area contributed by atoms with Gasteiger partial charge in [0.15, 0.2) is 5.16 Å². The molecule has 7 heteroatoms. The third kappa shape index (κ3) is 2.89. The van der Waals surface area contributed by atoms with E-state index in [4.69, 9.17) is 4.52 Å². The third-order valence-electron chi connectivity index (χ3n) is 3.28. The predicted molar refractivity (Wildman–Crippen MR) is 81.9 cm³/mol. The van der Waals surface area contributed by atoms with Gasteiger partial charge in [0.1, 0.15) is 5.82 Å². The average Bonchev–Trinajstić information content (AvgIpc) is 3.12. The first kappa shape index (κ1) is 14.8. The van der Waals surface area contributed by atoms with Crippen LogP contribution >= 0.6 is 11.8 Å². The lowest BCUT2D eigenvalue weighted by atomic mass is 10.1. The Balaban J connectivity index is 1.81. The molecular formula is C15H15FN4OS. The predicted octanol–water partition coefficient (Wildman–Crippen LogP) is 3.77. The maximum absolute atomic E-state index is 13.6. The Morgan fingerprint density at radius 2 is 2.18 bits per heavy atom. The molecule has 0 aliphatic heterocycles. The summed E-state index contributed by atoms with van der Waals surface area (Å²) in [7, 11) is 1.93. The number of hydrogen-bond acceptors (Lipinski definition) is 5. The number of benzene rings is 1. The van der Waals surface area contributed by atoms with Crippen LogP contribution in [0.4, 0.5) is 4.39 Å². The van der Waals surface area contributed by atoms with Gasteiger partial charge in [-0.1, -0.05) is 29.1 Å². The van der Waals surface area contributed by atoms with E-state index in [9.17, 15) is 4.39 Å². The largest absolute Gasteiger partial charge is 0.338 e. The SMILES string of the molecule is Cc1ccc(-c2noc([C@@H](C)Sc3nccn3C)n2)cc1F. The van der Waals surface area contributed by atoms with Crippen molar-refractivity contribution in [1.82, 2.24) is 19.7 Å². The zero-order chi connectivity index (χ0) is 15.7. The van der Waals surface area contributed by atoms with E-state index in [0.29, 0.717) is 22.8 Å². The van der Waals surface area contributed by atoms with Gasteiger partial charge in [-0.05, 0) is 25.5 Å². The van der Waals surface area contributed by atoms with Crippen LogP contribution in [0, 0.1) is 12.7 Å². The van der Waals surface area contributed by atoms with Crippen molar-refractivity contribution in [1.29, 1.82) is 0 Å². The number of halogens is 1. The number of rotatable bonds is 4. The molecule has 114 valence electrons. The van der Waals surface area contributed by atoms with Crippen molar-refractivity contribution in [3.63, 3.8) is 0 Å². The van der Waals surface area contributed by atoms with Crippen molar-refractivity contribution in [2.75, 3.05) is 0 Å². The first-order valence-corrected chi connectivity index (χ1v) is 7.66. The van der Waals surface area contributed by atoms with Crippen LogP contribution in [0.1, 0.15) is 23.6 Å². The average molecular weight is 318 g/mol. The molecule has 3 aromatic rings. The number of aromatic nitrogens is 4. The van der Waals surface area contributed by atoms with Crippen LogP contribution < -0.4 is 0 Å². The molecule has 1 aromatic carbocycles. The third-order valence-corrected chi connectivity index (χ3v) is 4.44. The summed E-state index contributed by atoms with van der Waals surface area (Å²) in [5, 5.41) is 4.76. The minimum atomic E-state index is -0.278. The quantitative estimate of drug-likeness (QED) is 0.685. The van der Waals surface area contributed by atoms with Crippen LogP contribution in [-0.2, 0) is 7.05 Å². The molecule has 0 saturated carbocycles. The Bertz CT molecular complexity index is 798. The van der Waals surface area contributed by atoms with E-state index in [2.05, 4.69) is 15.1 Å². The first-order chi connectivity index (χ1) is 10.5. The normalized spacial score (nSPS) is 12.5. The van der Waals surface area contributed by atoms with Gasteiger partial charge in [0.05, 0.1) is 5.25 Å². The van der Waals surface area contributed by atoms with Crippen molar-refractivity contribution in [3.8, 4) is 11.4 Å². The summed E-state index contributed by atoms with van der Waals surface area (Å²) in [6, 6.07) is 4.90. The van der Waals surface area contributed by atoms with Gasteiger partial charge in [0.25, 0.3) is 0 Å². The summed E-state index contributed by atoms with van der Waals surface area (Å²) in [5.74, 6) is 0.601. The smallest absolute Gasteiger partial charge is 0.240 e. The number of thioether (sulfide) groups is 1. The molecule has 1 atom stereocenters. The fraction of sp³-hybridized carbons (Fsp3) is 0.267. The number of nitrogens with zero attached hydrogens (tertiary/aromatic N) is 4. The van der Waals surface area contributed by atoms with E-state index in [1.54, 1.807) is 25.3 Å². The van der Waals surface area contributed by atoms with Crippen LogP contribution in [0.3, 0.4) is 0 Å². The van der Waals surface area contributed by atoms with E-state index < -0.39 is 0 Å². The minimum Gasteiger partial charge on any atom is -0.338 e. The van der Waals surface area contributed by atoms with Gasteiger partial charge in [-0.15, -0.1) is 0 Å². The molecule has 0 amide bonds. The maximum atomic E-state index is 13.6. The Labute approximate surface area is 131 Å². The van der Waals surface area contributed by atoms with E-state index >= 15 is 0 Å².